The van der Waals surface area contributed by atoms with E-state index in [1.165, 1.54) is 12.1 Å². The fraction of sp³-hybridized carbons (Fsp3) is 0.385. The summed E-state index contributed by atoms with van der Waals surface area (Å²) in [5, 5.41) is 10.1. The van der Waals surface area contributed by atoms with Crippen molar-refractivity contribution in [2.24, 2.45) is 0 Å². The lowest BCUT2D eigenvalue weighted by Gasteiger charge is -2.08. The zero-order valence-corrected chi connectivity index (χ0v) is 12.3. The fourth-order valence-electron chi connectivity index (χ4n) is 1.43. The maximum atomic E-state index is 11.6. The van der Waals surface area contributed by atoms with Crippen molar-refractivity contribution in [1.29, 1.82) is 0 Å². The molecule has 0 saturated carbocycles. The molecule has 0 heterocycles. The Balaban J connectivity index is 3.08. The first-order chi connectivity index (χ1) is 9.90. The van der Waals surface area contributed by atoms with Crippen LogP contribution in [0.2, 0.25) is 0 Å². The van der Waals surface area contributed by atoms with E-state index >= 15 is 0 Å². The van der Waals surface area contributed by atoms with Crippen molar-refractivity contribution in [3.8, 4) is 5.75 Å². The minimum atomic E-state index is -0.894. The number of rotatable bonds is 6. The van der Waals surface area contributed by atoms with Gasteiger partial charge in [0.05, 0.1) is 17.1 Å². The third kappa shape index (κ3) is 4.42. The highest BCUT2D eigenvalue weighted by molar-refractivity contribution is 6.30. The number of nitrogens with zero attached hydrogens (tertiary/aromatic N) is 1. The third-order valence-electron chi connectivity index (χ3n) is 2.49. The van der Waals surface area contributed by atoms with Crippen LogP contribution in [0.1, 0.15) is 30.6 Å². The summed E-state index contributed by atoms with van der Waals surface area (Å²) in [4.78, 5) is 33.4. The van der Waals surface area contributed by atoms with Crippen molar-refractivity contribution < 1.29 is 24.0 Å². The highest BCUT2D eigenvalue weighted by atomic mass is 35.5. The summed E-state index contributed by atoms with van der Waals surface area (Å²) in [6.07, 6.45) is 0.328. The molecule has 0 amide bonds. The Morgan fingerprint density at radius 1 is 1.38 bits per heavy atom. The molecule has 1 atom stereocenters. The summed E-state index contributed by atoms with van der Waals surface area (Å²) in [7, 11) is 0. The van der Waals surface area contributed by atoms with Gasteiger partial charge in [-0.05, 0) is 25.5 Å². The largest absolute Gasteiger partial charge is 0.462 e. The summed E-state index contributed by atoms with van der Waals surface area (Å²) in [6.45, 7) is 3.44. The molecule has 0 saturated heterocycles. The number of ether oxygens (including phenoxy) is 2. The average molecular weight is 316 g/mol. The van der Waals surface area contributed by atoms with Gasteiger partial charge in [0.15, 0.2) is 0 Å². The van der Waals surface area contributed by atoms with Gasteiger partial charge in [0.1, 0.15) is 5.38 Å². The van der Waals surface area contributed by atoms with Gasteiger partial charge < -0.3 is 9.47 Å². The molecule has 0 aliphatic heterocycles. The van der Waals surface area contributed by atoms with E-state index < -0.39 is 27.9 Å². The molecule has 0 fully saturated rings. The number of nitro benzene ring substituents is 1. The van der Waals surface area contributed by atoms with Gasteiger partial charge in [0, 0.05) is 6.07 Å². The maximum Gasteiger partial charge on any atom is 0.338 e. The van der Waals surface area contributed by atoms with Gasteiger partial charge in [-0.1, -0.05) is 6.92 Å². The van der Waals surface area contributed by atoms with Crippen LogP contribution in [0.15, 0.2) is 18.2 Å². The Labute approximate surface area is 125 Å². The summed E-state index contributed by atoms with van der Waals surface area (Å²) in [5.41, 5.74) is -0.505. The van der Waals surface area contributed by atoms with Gasteiger partial charge in [-0.3, -0.25) is 14.9 Å². The lowest BCUT2D eigenvalue weighted by Crippen LogP contribution is -2.20. The summed E-state index contributed by atoms with van der Waals surface area (Å²) >= 11 is 5.70. The number of carbonyl (C=O) groups is 2. The molecule has 0 radical (unpaired) electrons. The van der Waals surface area contributed by atoms with Crippen LogP contribution in [0, 0.1) is 10.1 Å². The molecule has 0 spiro atoms. The fourth-order valence-corrected chi connectivity index (χ4v) is 1.47. The number of hydrogen-bond acceptors (Lipinski definition) is 6. The van der Waals surface area contributed by atoms with E-state index in [1.807, 2.05) is 0 Å². The minimum absolute atomic E-state index is 0.00117. The molecule has 7 nitrogen and oxygen atoms in total. The predicted octanol–water partition coefficient (Wildman–Crippen LogP) is 2.69. The Hall–Kier alpha value is -2.15. The molecule has 1 aromatic carbocycles. The van der Waals surface area contributed by atoms with Crippen LogP contribution in [0.5, 0.6) is 5.75 Å². The van der Waals surface area contributed by atoms with Crippen LogP contribution in [0.3, 0.4) is 0 Å². The van der Waals surface area contributed by atoms with Gasteiger partial charge in [0.25, 0.3) is 0 Å². The first kappa shape index (κ1) is 16.9. The first-order valence-electron chi connectivity index (χ1n) is 6.22. The van der Waals surface area contributed by atoms with Crippen LogP contribution in [-0.4, -0.2) is 28.8 Å². The molecule has 8 heteroatoms. The Morgan fingerprint density at radius 2 is 2.05 bits per heavy atom. The molecule has 0 N–H and O–H groups in total. The van der Waals surface area contributed by atoms with E-state index in [0.717, 1.165) is 6.07 Å². The minimum Gasteiger partial charge on any atom is -0.462 e. The number of halogens is 1. The molecule has 0 aromatic heterocycles. The molecule has 0 aliphatic rings. The zero-order valence-electron chi connectivity index (χ0n) is 11.5. The number of hydrogen-bond donors (Lipinski definition) is 0. The molecule has 0 bridgehead atoms. The normalized spacial score (nSPS) is 11.6. The van der Waals surface area contributed by atoms with Crippen LogP contribution in [-0.2, 0) is 9.53 Å². The first-order valence-corrected chi connectivity index (χ1v) is 6.65. The number of alkyl halides is 1. The summed E-state index contributed by atoms with van der Waals surface area (Å²) in [6, 6.07) is 3.44. The monoisotopic (exact) mass is 315 g/mol. The average Bonchev–Trinajstić information content (AvgIpc) is 2.46. The van der Waals surface area contributed by atoms with Gasteiger partial charge in [-0.15, -0.1) is 11.6 Å². The topological polar surface area (TPSA) is 95.7 Å². The van der Waals surface area contributed by atoms with Crippen molar-refractivity contribution >= 4 is 29.2 Å². The Kier molecular flexibility index (Phi) is 6.10. The van der Waals surface area contributed by atoms with E-state index in [2.05, 4.69) is 0 Å². The second-order valence-corrected chi connectivity index (χ2v) is 4.48. The van der Waals surface area contributed by atoms with Gasteiger partial charge in [-0.25, -0.2) is 4.79 Å². The Bertz CT molecular complexity index is 560. The zero-order chi connectivity index (χ0) is 16.0. The lowest BCUT2D eigenvalue weighted by atomic mass is 10.2. The van der Waals surface area contributed by atoms with Crippen LogP contribution in [0.25, 0.3) is 0 Å². The SMILES string of the molecule is CCOC(=O)c1ccc(OC(=O)C(Cl)CC)c([N+](=O)[O-])c1. The number of benzene rings is 1. The maximum absolute atomic E-state index is 11.6. The summed E-state index contributed by atoms with van der Waals surface area (Å²) < 4.78 is 9.64. The molecule has 1 unspecified atom stereocenters. The number of nitro groups is 1. The third-order valence-corrected chi connectivity index (χ3v) is 2.98. The molecule has 1 aromatic rings. The van der Waals surface area contributed by atoms with Crippen molar-refractivity contribution in [2.75, 3.05) is 6.61 Å². The van der Waals surface area contributed by atoms with E-state index in [4.69, 9.17) is 21.1 Å². The van der Waals surface area contributed by atoms with Crippen molar-refractivity contribution in [3.05, 3.63) is 33.9 Å². The van der Waals surface area contributed by atoms with Crippen molar-refractivity contribution in [1.82, 2.24) is 0 Å². The quantitative estimate of drug-likeness (QED) is 0.263. The van der Waals surface area contributed by atoms with Crippen LogP contribution < -0.4 is 4.74 Å². The Morgan fingerprint density at radius 3 is 2.57 bits per heavy atom. The van der Waals surface area contributed by atoms with E-state index in [0.29, 0.717) is 6.42 Å². The van der Waals surface area contributed by atoms with Gasteiger partial charge in [0.2, 0.25) is 5.75 Å². The molecule has 21 heavy (non-hydrogen) atoms. The molecular weight excluding hydrogens is 302 g/mol. The smallest absolute Gasteiger partial charge is 0.338 e. The molecular formula is C13H14ClNO6. The number of esters is 2. The second-order valence-electron chi connectivity index (χ2n) is 3.96. The van der Waals surface area contributed by atoms with Crippen LogP contribution in [0.4, 0.5) is 5.69 Å². The molecule has 0 aliphatic carbocycles. The van der Waals surface area contributed by atoms with Gasteiger partial charge in [-0.2, -0.15) is 0 Å². The number of carbonyl (C=O) groups excluding carboxylic acids is 2. The van der Waals surface area contributed by atoms with Crippen molar-refractivity contribution in [2.45, 2.75) is 25.6 Å². The summed E-state index contributed by atoms with van der Waals surface area (Å²) in [5.74, 6) is -1.74. The van der Waals surface area contributed by atoms with E-state index in [9.17, 15) is 19.7 Å². The van der Waals surface area contributed by atoms with E-state index in [1.54, 1.807) is 13.8 Å². The van der Waals surface area contributed by atoms with Crippen molar-refractivity contribution in [3.63, 3.8) is 0 Å². The molecule has 1 rings (SSSR count). The highest BCUT2D eigenvalue weighted by Gasteiger charge is 2.23. The van der Waals surface area contributed by atoms with E-state index in [-0.39, 0.29) is 17.9 Å². The van der Waals surface area contributed by atoms with Gasteiger partial charge >= 0.3 is 17.6 Å². The standard InChI is InChI=1S/C13H14ClNO6/c1-3-9(14)13(17)21-11-6-5-8(12(16)20-4-2)7-10(11)15(18)19/h5-7,9H,3-4H2,1-2H3. The lowest BCUT2D eigenvalue weighted by molar-refractivity contribution is -0.385. The predicted molar refractivity (Wildman–Crippen MR) is 74.6 cm³/mol. The molecule has 114 valence electrons. The second kappa shape index (κ2) is 7.58. The highest BCUT2D eigenvalue weighted by Crippen LogP contribution is 2.29. The van der Waals surface area contributed by atoms with Crippen LogP contribution >= 0.6 is 11.6 Å².